The number of aromatic nitrogens is 2. The van der Waals surface area contributed by atoms with E-state index >= 15 is 0 Å². The van der Waals surface area contributed by atoms with E-state index in [9.17, 15) is 22.9 Å². The van der Waals surface area contributed by atoms with Crippen LogP contribution in [0.2, 0.25) is 0 Å². The largest absolute Gasteiger partial charge is 0.460 e. The Morgan fingerprint density at radius 3 is 2.65 bits per heavy atom. The average molecular weight is 499 g/mol. The third-order valence-corrected chi connectivity index (χ3v) is 7.01. The number of ether oxygens (including phenoxy) is 2. The standard InChI is InChI=1S/C22H28F2N3O6P/c1-14-10-11-27(21(29)25-14)20-22(23,24)15(2)18(33-20)13-32-34(4,30)26-16(3)19(28)31-12-17-8-6-5-7-9-17/h5-11,15-16,18,20H,12-13H2,1-4H3,(H,26,30)/t15?,16-,18+,20+,34?/m0/s1. The molecule has 0 radical (unpaired) electrons. The number of benzene rings is 1. The highest BCUT2D eigenvalue weighted by molar-refractivity contribution is 7.56. The highest BCUT2D eigenvalue weighted by atomic mass is 31.2. The van der Waals surface area contributed by atoms with E-state index in [2.05, 4.69) is 10.1 Å². The van der Waals surface area contributed by atoms with Gasteiger partial charge in [-0.1, -0.05) is 37.3 Å². The molecule has 5 atom stereocenters. The first-order chi connectivity index (χ1) is 15.9. The van der Waals surface area contributed by atoms with Crippen molar-refractivity contribution in [3.8, 4) is 0 Å². The second kappa shape index (κ2) is 10.4. The minimum atomic E-state index is -3.58. The van der Waals surface area contributed by atoms with Crippen molar-refractivity contribution < 1.29 is 32.1 Å². The molecule has 0 aliphatic carbocycles. The maximum absolute atomic E-state index is 14.9. The molecule has 1 aliphatic heterocycles. The minimum Gasteiger partial charge on any atom is -0.460 e. The predicted molar refractivity (Wildman–Crippen MR) is 120 cm³/mol. The Hall–Kier alpha value is -2.46. The maximum Gasteiger partial charge on any atom is 0.350 e. The number of hydrogen-bond acceptors (Lipinski definition) is 7. The van der Waals surface area contributed by atoms with Crippen LogP contribution < -0.4 is 10.8 Å². The van der Waals surface area contributed by atoms with Crippen LogP contribution >= 0.6 is 7.52 Å². The first kappa shape index (κ1) is 26.2. The van der Waals surface area contributed by atoms with Gasteiger partial charge in [0, 0.05) is 18.6 Å². The normalized spacial score (nSPS) is 24.4. The van der Waals surface area contributed by atoms with Crippen molar-refractivity contribution >= 4 is 13.5 Å². The van der Waals surface area contributed by atoms with Crippen molar-refractivity contribution in [1.29, 1.82) is 0 Å². The summed E-state index contributed by atoms with van der Waals surface area (Å²) in [6.45, 7) is 5.15. The number of halogens is 2. The number of nitrogens with one attached hydrogen (secondary N) is 1. The summed E-state index contributed by atoms with van der Waals surface area (Å²) >= 11 is 0. The molecule has 3 rings (SSSR count). The molecular weight excluding hydrogens is 471 g/mol. The number of aryl methyl sites for hydroxylation is 1. The zero-order valence-corrected chi connectivity index (χ0v) is 20.2. The van der Waals surface area contributed by atoms with E-state index in [1.807, 2.05) is 18.2 Å². The summed E-state index contributed by atoms with van der Waals surface area (Å²) in [5.41, 5.74) is 0.332. The molecule has 2 heterocycles. The van der Waals surface area contributed by atoms with Crippen molar-refractivity contribution in [3.05, 3.63) is 64.3 Å². The van der Waals surface area contributed by atoms with Crippen LogP contribution in [0.4, 0.5) is 8.78 Å². The lowest BCUT2D eigenvalue weighted by molar-refractivity contribution is -0.146. The fraction of sp³-hybridized carbons (Fsp3) is 0.500. The van der Waals surface area contributed by atoms with E-state index in [0.717, 1.165) is 10.1 Å². The lowest BCUT2D eigenvalue weighted by Gasteiger charge is -2.22. The number of nitrogens with zero attached hydrogens (tertiary/aromatic N) is 2. The van der Waals surface area contributed by atoms with Gasteiger partial charge in [0.1, 0.15) is 12.6 Å². The Morgan fingerprint density at radius 1 is 1.32 bits per heavy atom. The molecule has 0 bridgehead atoms. The molecule has 1 aromatic heterocycles. The number of carbonyl (C=O) groups is 1. The molecule has 0 spiro atoms. The fourth-order valence-electron chi connectivity index (χ4n) is 3.47. The summed E-state index contributed by atoms with van der Waals surface area (Å²) in [6, 6.07) is 9.52. The van der Waals surface area contributed by atoms with Crippen LogP contribution in [0.5, 0.6) is 0 Å². The zero-order valence-electron chi connectivity index (χ0n) is 19.3. The number of alkyl halides is 2. The molecule has 186 valence electrons. The maximum atomic E-state index is 14.9. The summed E-state index contributed by atoms with van der Waals surface area (Å²) in [7, 11) is -3.58. The van der Waals surface area contributed by atoms with Gasteiger partial charge in [0.15, 0.2) is 0 Å². The SMILES string of the molecule is Cc1ccn([C@@H]2O[C@H](COP(C)(=O)N[C@@H](C)C(=O)OCc3ccccc3)C(C)C2(F)F)c(=O)n1. The second-order valence-electron chi connectivity index (χ2n) is 8.33. The first-order valence-corrected chi connectivity index (χ1v) is 12.8. The molecule has 1 saturated heterocycles. The molecule has 12 heteroatoms. The molecule has 9 nitrogen and oxygen atoms in total. The van der Waals surface area contributed by atoms with Gasteiger partial charge in [-0.2, -0.15) is 4.98 Å². The van der Waals surface area contributed by atoms with Gasteiger partial charge >= 0.3 is 11.7 Å². The van der Waals surface area contributed by atoms with E-state index in [1.165, 1.54) is 32.8 Å². The van der Waals surface area contributed by atoms with Gasteiger partial charge in [-0.05, 0) is 25.5 Å². The van der Waals surface area contributed by atoms with Gasteiger partial charge in [-0.3, -0.25) is 13.9 Å². The lowest BCUT2D eigenvalue weighted by Crippen LogP contribution is -2.37. The average Bonchev–Trinajstić information content (AvgIpc) is 3.00. The van der Waals surface area contributed by atoms with E-state index < -0.39 is 56.0 Å². The summed E-state index contributed by atoms with van der Waals surface area (Å²) in [5, 5.41) is 2.56. The predicted octanol–water partition coefficient (Wildman–Crippen LogP) is 3.28. The first-order valence-electron chi connectivity index (χ1n) is 10.7. The Bertz CT molecular complexity index is 1110. The van der Waals surface area contributed by atoms with Gasteiger partial charge < -0.3 is 14.0 Å². The molecule has 1 aliphatic rings. The highest BCUT2D eigenvalue weighted by Gasteiger charge is 2.58. The number of hydrogen-bond donors (Lipinski definition) is 1. The number of carbonyl (C=O) groups excluding carboxylic acids is 1. The van der Waals surface area contributed by atoms with Crippen LogP contribution in [0.25, 0.3) is 0 Å². The van der Waals surface area contributed by atoms with Crippen molar-refractivity contribution in [3.63, 3.8) is 0 Å². The monoisotopic (exact) mass is 499 g/mol. The Balaban J connectivity index is 1.57. The summed E-state index contributed by atoms with van der Waals surface area (Å²) in [6.07, 6.45) is -1.81. The van der Waals surface area contributed by atoms with Crippen molar-refractivity contribution in [2.75, 3.05) is 13.3 Å². The highest BCUT2D eigenvalue weighted by Crippen LogP contribution is 2.48. The molecular formula is C22H28F2N3O6P. The fourth-order valence-corrected chi connectivity index (χ4v) is 4.78. The van der Waals surface area contributed by atoms with Crippen molar-refractivity contribution in [2.24, 2.45) is 5.92 Å². The zero-order chi connectivity index (χ0) is 25.1. The molecule has 2 unspecified atom stereocenters. The van der Waals surface area contributed by atoms with Gasteiger partial charge in [0.05, 0.1) is 18.6 Å². The quantitative estimate of drug-likeness (QED) is 0.414. The van der Waals surface area contributed by atoms with Crippen LogP contribution in [0.15, 0.2) is 47.4 Å². The third kappa shape index (κ3) is 6.15. The Kier molecular flexibility index (Phi) is 8.02. The topological polar surface area (TPSA) is 109 Å². The van der Waals surface area contributed by atoms with Crippen molar-refractivity contribution in [2.45, 2.75) is 51.7 Å². The third-order valence-electron chi connectivity index (χ3n) is 5.51. The lowest BCUT2D eigenvalue weighted by atomic mass is 10.00. The summed E-state index contributed by atoms with van der Waals surface area (Å²) in [5.74, 6) is -5.37. The Labute approximate surface area is 195 Å². The van der Waals surface area contributed by atoms with E-state index in [4.69, 9.17) is 14.0 Å². The van der Waals surface area contributed by atoms with E-state index in [-0.39, 0.29) is 6.61 Å². The Morgan fingerprint density at radius 2 is 2.00 bits per heavy atom. The van der Waals surface area contributed by atoms with Crippen LogP contribution in [-0.2, 0) is 30.0 Å². The van der Waals surface area contributed by atoms with E-state index in [1.54, 1.807) is 19.1 Å². The van der Waals surface area contributed by atoms with Gasteiger partial charge in [-0.15, -0.1) is 0 Å². The molecule has 0 saturated carbocycles. The smallest absolute Gasteiger partial charge is 0.350 e. The summed E-state index contributed by atoms with van der Waals surface area (Å²) in [4.78, 5) is 28.0. The molecule has 1 fully saturated rings. The number of esters is 1. The van der Waals surface area contributed by atoms with Crippen LogP contribution in [-0.4, -0.2) is 46.9 Å². The molecule has 1 aromatic carbocycles. The van der Waals surface area contributed by atoms with E-state index in [0.29, 0.717) is 5.69 Å². The van der Waals surface area contributed by atoms with Crippen molar-refractivity contribution in [1.82, 2.24) is 14.6 Å². The number of rotatable bonds is 9. The van der Waals surface area contributed by atoms with Gasteiger partial charge in [-0.25, -0.2) is 18.7 Å². The molecule has 1 N–H and O–H groups in total. The van der Waals surface area contributed by atoms with Gasteiger partial charge in [0.2, 0.25) is 6.23 Å². The summed E-state index contributed by atoms with van der Waals surface area (Å²) < 4.78 is 59.3. The van der Waals surface area contributed by atoms with Crippen LogP contribution in [0.1, 0.15) is 31.3 Å². The minimum absolute atomic E-state index is 0.0533. The molecule has 2 aromatic rings. The molecule has 0 amide bonds. The van der Waals surface area contributed by atoms with Gasteiger partial charge in [0.25, 0.3) is 13.4 Å². The van der Waals surface area contributed by atoms with Crippen LogP contribution in [0.3, 0.4) is 0 Å². The second-order valence-corrected chi connectivity index (χ2v) is 10.5. The molecule has 34 heavy (non-hydrogen) atoms. The van der Waals surface area contributed by atoms with Crippen LogP contribution in [0, 0.1) is 12.8 Å².